The highest BCUT2D eigenvalue weighted by Gasteiger charge is 2.41. The third-order valence-electron chi connectivity index (χ3n) is 4.96. The molecule has 0 aromatic heterocycles. The summed E-state index contributed by atoms with van der Waals surface area (Å²) >= 11 is 0. The number of anilines is 2. The van der Waals surface area contributed by atoms with Crippen LogP contribution in [0.1, 0.15) is 16.7 Å². The Morgan fingerprint density at radius 2 is 1.43 bits per heavy atom. The van der Waals surface area contributed by atoms with Gasteiger partial charge in [0.25, 0.3) is 11.8 Å². The van der Waals surface area contributed by atoms with Crippen LogP contribution in [-0.2, 0) is 9.59 Å². The number of nitrogens with zero attached hydrogens (tertiary/aromatic N) is 1. The number of carbonyl (C=O) groups is 2. The van der Waals surface area contributed by atoms with Crippen molar-refractivity contribution in [1.29, 1.82) is 0 Å². The monoisotopic (exact) mass is 398 g/mol. The van der Waals surface area contributed by atoms with E-state index in [0.717, 1.165) is 16.8 Å². The summed E-state index contributed by atoms with van der Waals surface area (Å²) in [5.41, 5.74) is 4.59. The molecule has 1 aliphatic heterocycles. The lowest BCUT2D eigenvalue weighted by Crippen LogP contribution is -2.32. The van der Waals surface area contributed by atoms with Crippen LogP contribution in [0.5, 0.6) is 5.75 Å². The Balaban J connectivity index is 1.85. The maximum Gasteiger partial charge on any atom is 0.282 e. The maximum absolute atomic E-state index is 13.5. The second-order valence-corrected chi connectivity index (χ2v) is 7.23. The smallest absolute Gasteiger partial charge is 0.282 e. The molecule has 0 saturated carbocycles. The Morgan fingerprint density at radius 3 is 2.10 bits per heavy atom. The van der Waals surface area contributed by atoms with E-state index in [-0.39, 0.29) is 11.6 Å². The first-order chi connectivity index (χ1) is 14.5. The molecule has 5 nitrogen and oxygen atoms in total. The van der Waals surface area contributed by atoms with Crippen molar-refractivity contribution in [1.82, 2.24) is 0 Å². The number of para-hydroxylation sites is 2. The zero-order valence-electron chi connectivity index (χ0n) is 17.1. The Labute approximate surface area is 175 Å². The predicted molar refractivity (Wildman–Crippen MR) is 118 cm³/mol. The van der Waals surface area contributed by atoms with Gasteiger partial charge in [0.15, 0.2) is 0 Å². The summed E-state index contributed by atoms with van der Waals surface area (Å²) in [6.45, 7) is 3.99. The van der Waals surface area contributed by atoms with Gasteiger partial charge in [-0.1, -0.05) is 48.5 Å². The number of amides is 2. The summed E-state index contributed by atoms with van der Waals surface area (Å²) in [6, 6.07) is 22.2. The zero-order valence-corrected chi connectivity index (χ0v) is 17.1. The molecule has 2 amide bonds. The second kappa shape index (κ2) is 7.87. The van der Waals surface area contributed by atoms with Crippen LogP contribution in [0.4, 0.5) is 11.4 Å². The Bertz CT molecular complexity index is 1150. The number of aryl methyl sites for hydroxylation is 2. The predicted octanol–water partition coefficient (Wildman–Crippen LogP) is 4.71. The fourth-order valence-electron chi connectivity index (χ4n) is 3.74. The molecule has 4 rings (SSSR count). The van der Waals surface area contributed by atoms with Gasteiger partial charge in [0.2, 0.25) is 0 Å². The lowest BCUT2D eigenvalue weighted by molar-refractivity contribution is -0.120. The molecule has 0 bridgehead atoms. The summed E-state index contributed by atoms with van der Waals surface area (Å²) in [5, 5.41) is 3.22. The summed E-state index contributed by atoms with van der Waals surface area (Å²) in [5.74, 6) is -0.343. The summed E-state index contributed by atoms with van der Waals surface area (Å²) in [4.78, 5) is 28.1. The molecule has 0 saturated heterocycles. The van der Waals surface area contributed by atoms with Crippen LogP contribution in [0.3, 0.4) is 0 Å². The molecule has 0 unspecified atom stereocenters. The average molecular weight is 398 g/mol. The minimum atomic E-state index is -0.414. The van der Waals surface area contributed by atoms with Crippen molar-refractivity contribution in [2.75, 3.05) is 17.3 Å². The van der Waals surface area contributed by atoms with Gasteiger partial charge in [-0.2, -0.15) is 0 Å². The number of imide groups is 1. The lowest BCUT2D eigenvalue weighted by Gasteiger charge is -2.18. The van der Waals surface area contributed by atoms with Crippen molar-refractivity contribution < 1.29 is 14.3 Å². The first-order valence-corrected chi connectivity index (χ1v) is 9.66. The average Bonchev–Trinajstić information content (AvgIpc) is 2.97. The molecule has 0 spiro atoms. The second-order valence-electron chi connectivity index (χ2n) is 7.23. The van der Waals surface area contributed by atoms with Gasteiger partial charge < -0.3 is 10.1 Å². The standard InChI is InChI=1S/C25H22N2O3/c1-16-13-17(2)15-19(14-16)26-23-22(18-9-5-4-6-10-18)24(28)27(25(23)29)20-11-7-8-12-21(20)30-3/h4-15,26H,1-3H3. The van der Waals surface area contributed by atoms with E-state index in [9.17, 15) is 9.59 Å². The van der Waals surface area contributed by atoms with Crippen molar-refractivity contribution in [2.45, 2.75) is 13.8 Å². The fraction of sp³-hybridized carbons (Fsp3) is 0.120. The largest absolute Gasteiger partial charge is 0.495 e. The highest BCUT2D eigenvalue weighted by Crippen LogP contribution is 2.37. The van der Waals surface area contributed by atoms with Gasteiger partial charge in [0.1, 0.15) is 11.4 Å². The molecule has 0 atom stereocenters. The van der Waals surface area contributed by atoms with E-state index in [1.54, 1.807) is 24.3 Å². The van der Waals surface area contributed by atoms with Crippen LogP contribution in [0.25, 0.3) is 5.57 Å². The molecule has 0 radical (unpaired) electrons. The molecule has 1 heterocycles. The van der Waals surface area contributed by atoms with Gasteiger partial charge in [0, 0.05) is 5.69 Å². The van der Waals surface area contributed by atoms with Crippen LogP contribution < -0.4 is 15.0 Å². The Hall–Kier alpha value is -3.86. The van der Waals surface area contributed by atoms with Gasteiger partial charge >= 0.3 is 0 Å². The normalized spacial score (nSPS) is 13.8. The number of hydrogen-bond acceptors (Lipinski definition) is 4. The molecule has 5 heteroatoms. The third-order valence-corrected chi connectivity index (χ3v) is 4.96. The zero-order chi connectivity index (χ0) is 21.3. The van der Waals surface area contributed by atoms with Crippen molar-refractivity contribution in [3.63, 3.8) is 0 Å². The molecular formula is C25H22N2O3. The number of nitrogens with one attached hydrogen (secondary N) is 1. The van der Waals surface area contributed by atoms with Crippen molar-refractivity contribution in [2.24, 2.45) is 0 Å². The number of carbonyl (C=O) groups excluding carboxylic acids is 2. The number of rotatable bonds is 5. The van der Waals surface area contributed by atoms with Crippen molar-refractivity contribution in [3.05, 3.63) is 95.2 Å². The van der Waals surface area contributed by atoms with E-state index in [4.69, 9.17) is 4.74 Å². The van der Waals surface area contributed by atoms with Crippen molar-refractivity contribution >= 4 is 28.8 Å². The Morgan fingerprint density at radius 1 is 0.800 bits per heavy atom. The van der Waals surface area contributed by atoms with Gasteiger partial charge in [-0.05, 0) is 54.8 Å². The van der Waals surface area contributed by atoms with Gasteiger partial charge in [0.05, 0.1) is 18.4 Å². The lowest BCUT2D eigenvalue weighted by atomic mass is 10.0. The quantitative estimate of drug-likeness (QED) is 0.633. The third kappa shape index (κ3) is 3.46. The first kappa shape index (κ1) is 19.5. The minimum Gasteiger partial charge on any atom is -0.495 e. The Kier molecular flexibility index (Phi) is 5.11. The van der Waals surface area contributed by atoms with E-state index in [1.165, 1.54) is 12.0 Å². The summed E-state index contributed by atoms with van der Waals surface area (Å²) in [7, 11) is 1.52. The van der Waals surface area contributed by atoms with Crippen LogP contribution >= 0.6 is 0 Å². The first-order valence-electron chi connectivity index (χ1n) is 9.66. The highest BCUT2D eigenvalue weighted by atomic mass is 16.5. The van der Waals surface area contributed by atoms with E-state index in [2.05, 4.69) is 11.4 Å². The summed E-state index contributed by atoms with van der Waals surface area (Å²) in [6.07, 6.45) is 0. The van der Waals surface area contributed by atoms with E-state index in [0.29, 0.717) is 22.6 Å². The van der Waals surface area contributed by atoms with Crippen LogP contribution in [0, 0.1) is 13.8 Å². The number of benzene rings is 3. The van der Waals surface area contributed by atoms with E-state index < -0.39 is 5.91 Å². The molecule has 3 aromatic carbocycles. The van der Waals surface area contributed by atoms with Crippen molar-refractivity contribution in [3.8, 4) is 5.75 Å². The summed E-state index contributed by atoms with van der Waals surface area (Å²) < 4.78 is 5.40. The van der Waals surface area contributed by atoms with Gasteiger partial charge in [-0.25, -0.2) is 4.90 Å². The number of methoxy groups -OCH3 is 1. The van der Waals surface area contributed by atoms with Crippen LogP contribution in [-0.4, -0.2) is 18.9 Å². The number of ether oxygens (including phenoxy) is 1. The molecule has 1 aliphatic rings. The van der Waals surface area contributed by atoms with Crippen LogP contribution in [0.15, 0.2) is 78.5 Å². The molecule has 3 aromatic rings. The molecule has 0 fully saturated rings. The van der Waals surface area contributed by atoms with Gasteiger partial charge in [-0.15, -0.1) is 0 Å². The van der Waals surface area contributed by atoms with E-state index in [1.807, 2.05) is 56.3 Å². The fourth-order valence-corrected chi connectivity index (χ4v) is 3.74. The van der Waals surface area contributed by atoms with E-state index >= 15 is 0 Å². The maximum atomic E-state index is 13.5. The minimum absolute atomic E-state index is 0.252. The SMILES string of the molecule is COc1ccccc1N1C(=O)C(Nc2cc(C)cc(C)c2)=C(c2ccccc2)C1=O. The van der Waals surface area contributed by atoms with Crippen LogP contribution in [0.2, 0.25) is 0 Å². The molecule has 150 valence electrons. The molecular weight excluding hydrogens is 376 g/mol. The molecule has 1 N–H and O–H groups in total. The van der Waals surface area contributed by atoms with Gasteiger partial charge in [-0.3, -0.25) is 9.59 Å². The topological polar surface area (TPSA) is 58.6 Å². The highest BCUT2D eigenvalue weighted by molar-refractivity contribution is 6.46. The molecule has 30 heavy (non-hydrogen) atoms. The molecule has 0 aliphatic carbocycles. The number of hydrogen-bond donors (Lipinski definition) is 1.